The number of hydrogen-bond acceptors (Lipinski definition) is 3. The lowest BCUT2D eigenvalue weighted by atomic mass is 10.3. The average molecular weight is 196 g/mol. The Kier molecular flexibility index (Phi) is 1.88. The molecular formula is C8H6F2N4. The average Bonchev–Trinajstić information content (AvgIpc) is 2.51. The summed E-state index contributed by atoms with van der Waals surface area (Å²) in [7, 11) is 0. The predicted molar refractivity (Wildman–Crippen MR) is 45.7 cm³/mol. The van der Waals surface area contributed by atoms with Gasteiger partial charge in [-0.15, -0.1) is 9.90 Å². The highest BCUT2D eigenvalue weighted by atomic mass is 19.1. The van der Waals surface area contributed by atoms with Crippen LogP contribution in [0.4, 0.5) is 14.6 Å². The van der Waals surface area contributed by atoms with Crippen molar-refractivity contribution in [1.29, 1.82) is 0 Å². The fourth-order valence-corrected chi connectivity index (χ4v) is 1.06. The molecule has 1 aromatic heterocycles. The first-order valence-electron chi connectivity index (χ1n) is 3.80. The van der Waals surface area contributed by atoms with E-state index in [0.717, 1.165) is 16.9 Å². The van der Waals surface area contributed by atoms with E-state index < -0.39 is 11.6 Å². The summed E-state index contributed by atoms with van der Waals surface area (Å²) >= 11 is 0. The molecule has 1 aromatic carbocycles. The minimum atomic E-state index is -0.736. The van der Waals surface area contributed by atoms with E-state index in [-0.39, 0.29) is 11.5 Å². The van der Waals surface area contributed by atoms with Crippen molar-refractivity contribution >= 4 is 5.82 Å². The van der Waals surface area contributed by atoms with Crippen LogP contribution in [0.25, 0.3) is 5.69 Å². The zero-order chi connectivity index (χ0) is 10.1. The summed E-state index contributed by atoms with van der Waals surface area (Å²) in [5.41, 5.74) is 4.95. The van der Waals surface area contributed by atoms with Crippen molar-refractivity contribution < 1.29 is 8.78 Å². The summed E-state index contributed by atoms with van der Waals surface area (Å²) in [4.78, 5) is 0.819. The van der Waals surface area contributed by atoms with E-state index in [0.29, 0.717) is 0 Å². The minimum Gasteiger partial charge on any atom is -0.381 e. The van der Waals surface area contributed by atoms with Gasteiger partial charge in [-0.1, -0.05) is 6.07 Å². The minimum absolute atomic E-state index is 0.104. The molecule has 72 valence electrons. The van der Waals surface area contributed by atoms with Gasteiger partial charge in [0, 0.05) is 0 Å². The van der Waals surface area contributed by atoms with Gasteiger partial charge < -0.3 is 5.73 Å². The van der Waals surface area contributed by atoms with Gasteiger partial charge in [-0.3, -0.25) is 0 Å². The highest BCUT2D eigenvalue weighted by Gasteiger charge is 2.12. The molecule has 1 heterocycles. The first-order valence-corrected chi connectivity index (χ1v) is 3.80. The number of halogens is 2. The molecule has 0 saturated carbocycles. The van der Waals surface area contributed by atoms with E-state index in [1.165, 1.54) is 12.3 Å². The maximum absolute atomic E-state index is 13.2. The van der Waals surface area contributed by atoms with E-state index >= 15 is 0 Å². The fraction of sp³-hybridized carbons (Fsp3) is 0. The Morgan fingerprint density at radius 2 is 1.86 bits per heavy atom. The number of hydrogen-bond donors (Lipinski definition) is 1. The van der Waals surface area contributed by atoms with Crippen LogP contribution in [0.1, 0.15) is 0 Å². The second-order valence-corrected chi connectivity index (χ2v) is 2.63. The SMILES string of the molecule is Nc1cnn(-c2c(F)cccc2F)n1. The summed E-state index contributed by atoms with van der Waals surface area (Å²) < 4.78 is 26.3. The number of rotatable bonds is 1. The van der Waals surface area contributed by atoms with Gasteiger partial charge in [0.05, 0.1) is 6.20 Å². The molecule has 0 bridgehead atoms. The van der Waals surface area contributed by atoms with Crippen LogP contribution in [0.2, 0.25) is 0 Å². The highest BCUT2D eigenvalue weighted by Crippen LogP contribution is 2.15. The van der Waals surface area contributed by atoms with Crippen LogP contribution >= 0.6 is 0 Å². The zero-order valence-electron chi connectivity index (χ0n) is 6.98. The zero-order valence-corrected chi connectivity index (χ0v) is 6.98. The van der Waals surface area contributed by atoms with Gasteiger partial charge in [0.15, 0.2) is 23.1 Å². The number of aromatic nitrogens is 3. The van der Waals surface area contributed by atoms with Crippen molar-refractivity contribution in [2.75, 3.05) is 5.73 Å². The van der Waals surface area contributed by atoms with Crippen LogP contribution in [-0.2, 0) is 0 Å². The molecule has 0 aliphatic carbocycles. The summed E-state index contributed by atoms with van der Waals surface area (Å²) in [5.74, 6) is -1.37. The third kappa shape index (κ3) is 1.30. The van der Waals surface area contributed by atoms with E-state index in [1.807, 2.05) is 0 Å². The molecular weight excluding hydrogens is 190 g/mol. The van der Waals surface area contributed by atoms with Gasteiger partial charge >= 0.3 is 0 Å². The first kappa shape index (κ1) is 8.61. The second kappa shape index (κ2) is 3.06. The van der Waals surface area contributed by atoms with Crippen LogP contribution in [0.15, 0.2) is 24.4 Å². The second-order valence-electron chi connectivity index (χ2n) is 2.63. The number of benzene rings is 1. The Morgan fingerprint density at radius 3 is 2.36 bits per heavy atom. The Hall–Kier alpha value is -1.98. The molecule has 0 saturated heterocycles. The van der Waals surface area contributed by atoms with Crippen LogP contribution in [-0.4, -0.2) is 15.0 Å². The van der Waals surface area contributed by atoms with Crippen LogP contribution < -0.4 is 5.73 Å². The van der Waals surface area contributed by atoms with E-state index in [9.17, 15) is 8.78 Å². The van der Waals surface area contributed by atoms with Crippen molar-refractivity contribution in [2.45, 2.75) is 0 Å². The quantitative estimate of drug-likeness (QED) is 0.743. The number of nitrogens with zero attached hydrogens (tertiary/aromatic N) is 3. The van der Waals surface area contributed by atoms with Gasteiger partial charge in [-0.05, 0) is 12.1 Å². The Bertz CT molecular complexity index is 446. The summed E-state index contributed by atoms with van der Waals surface area (Å²) in [6, 6.07) is 3.51. The molecule has 6 heteroatoms. The summed E-state index contributed by atoms with van der Waals surface area (Å²) in [6.07, 6.45) is 1.21. The Morgan fingerprint density at radius 1 is 1.21 bits per heavy atom. The smallest absolute Gasteiger partial charge is 0.166 e. The van der Waals surface area contributed by atoms with Crippen molar-refractivity contribution in [1.82, 2.24) is 15.0 Å². The molecule has 0 amide bonds. The predicted octanol–water partition coefficient (Wildman–Crippen LogP) is 1.13. The fourth-order valence-electron chi connectivity index (χ4n) is 1.06. The van der Waals surface area contributed by atoms with Crippen LogP contribution in [0.3, 0.4) is 0 Å². The van der Waals surface area contributed by atoms with Crippen molar-refractivity contribution in [2.24, 2.45) is 0 Å². The normalized spacial score (nSPS) is 10.4. The van der Waals surface area contributed by atoms with Gasteiger partial charge in [0.25, 0.3) is 0 Å². The molecule has 0 unspecified atom stereocenters. The highest BCUT2D eigenvalue weighted by molar-refractivity contribution is 5.34. The lowest BCUT2D eigenvalue weighted by Crippen LogP contribution is -2.05. The maximum Gasteiger partial charge on any atom is 0.166 e. The van der Waals surface area contributed by atoms with Gasteiger partial charge in [-0.25, -0.2) is 8.78 Å². The molecule has 0 aliphatic heterocycles. The molecule has 2 rings (SSSR count). The van der Waals surface area contributed by atoms with E-state index in [4.69, 9.17) is 5.73 Å². The van der Waals surface area contributed by atoms with E-state index in [1.54, 1.807) is 0 Å². The standard InChI is InChI=1S/C8H6F2N4/c9-5-2-1-3-6(10)8(5)14-12-4-7(11)13-14/h1-4H,(H2,11,13). The maximum atomic E-state index is 13.2. The summed E-state index contributed by atoms with van der Waals surface area (Å²) in [5, 5.41) is 7.21. The number of nitrogen functional groups attached to an aromatic ring is 1. The largest absolute Gasteiger partial charge is 0.381 e. The van der Waals surface area contributed by atoms with Crippen molar-refractivity contribution in [3.63, 3.8) is 0 Å². The molecule has 0 fully saturated rings. The lowest BCUT2D eigenvalue weighted by molar-refractivity contribution is 0.545. The molecule has 0 aliphatic rings. The Balaban J connectivity index is 2.61. The first-order chi connectivity index (χ1) is 6.68. The number of anilines is 1. The third-order valence-electron chi connectivity index (χ3n) is 1.65. The molecule has 14 heavy (non-hydrogen) atoms. The lowest BCUT2D eigenvalue weighted by Gasteiger charge is -2.01. The van der Waals surface area contributed by atoms with Crippen LogP contribution in [0.5, 0.6) is 0 Å². The van der Waals surface area contributed by atoms with Gasteiger partial charge in [-0.2, -0.15) is 5.10 Å². The van der Waals surface area contributed by atoms with Gasteiger partial charge in [0.1, 0.15) is 0 Å². The molecule has 2 aromatic rings. The molecule has 2 N–H and O–H groups in total. The number of nitrogens with two attached hydrogens (primary N) is 1. The van der Waals surface area contributed by atoms with Crippen molar-refractivity contribution in [3.05, 3.63) is 36.0 Å². The molecule has 4 nitrogen and oxygen atoms in total. The van der Waals surface area contributed by atoms with Crippen molar-refractivity contribution in [3.8, 4) is 5.69 Å². The topological polar surface area (TPSA) is 56.7 Å². The number of para-hydroxylation sites is 1. The van der Waals surface area contributed by atoms with E-state index in [2.05, 4.69) is 10.2 Å². The Labute approximate surface area is 78.0 Å². The molecule has 0 atom stereocenters. The third-order valence-corrected chi connectivity index (χ3v) is 1.65. The molecule has 0 radical (unpaired) electrons. The van der Waals surface area contributed by atoms with Gasteiger partial charge in [0.2, 0.25) is 0 Å². The molecule has 0 spiro atoms. The monoisotopic (exact) mass is 196 g/mol. The summed E-state index contributed by atoms with van der Waals surface area (Å²) in [6.45, 7) is 0. The van der Waals surface area contributed by atoms with Crippen LogP contribution in [0, 0.1) is 11.6 Å².